The van der Waals surface area contributed by atoms with Gasteiger partial charge in [-0.3, -0.25) is 4.98 Å². The predicted molar refractivity (Wildman–Crippen MR) is 110 cm³/mol. The molecule has 2 N–H and O–H groups in total. The van der Waals surface area contributed by atoms with Gasteiger partial charge in [0.25, 0.3) is 0 Å². The molecule has 1 fully saturated rings. The highest BCUT2D eigenvalue weighted by Gasteiger charge is 2.35. The Bertz CT molecular complexity index is 1190. The summed E-state index contributed by atoms with van der Waals surface area (Å²) >= 11 is 0. The number of nitrogens with zero attached hydrogens (tertiary/aromatic N) is 6. The Morgan fingerprint density at radius 3 is 2.66 bits per heavy atom. The highest BCUT2D eigenvalue weighted by molar-refractivity contribution is 6.00. The van der Waals surface area contributed by atoms with Crippen LogP contribution in [0.2, 0.25) is 0 Å². The third kappa shape index (κ3) is 2.86. The fourth-order valence-corrected chi connectivity index (χ4v) is 3.64. The largest absolute Gasteiger partial charge is 0.383 e. The van der Waals surface area contributed by atoms with Crippen LogP contribution in [-0.4, -0.2) is 29.9 Å². The lowest BCUT2D eigenvalue weighted by Crippen LogP contribution is -2.04. The van der Waals surface area contributed by atoms with Crippen molar-refractivity contribution in [1.82, 2.24) is 29.9 Å². The van der Waals surface area contributed by atoms with Gasteiger partial charge >= 0.3 is 0 Å². The molecule has 1 aliphatic carbocycles. The number of nitrogen functional groups attached to an aromatic ring is 1. The molecule has 0 unspecified atom stereocenters. The number of aromatic nitrogens is 6. The number of nitrogens with two attached hydrogens (primary N) is 1. The van der Waals surface area contributed by atoms with Crippen LogP contribution in [0.3, 0.4) is 0 Å². The van der Waals surface area contributed by atoms with Crippen molar-refractivity contribution in [3.05, 3.63) is 36.0 Å². The third-order valence-corrected chi connectivity index (χ3v) is 5.39. The van der Waals surface area contributed by atoms with Crippen molar-refractivity contribution in [1.29, 1.82) is 0 Å². The maximum atomic E-state index is 6.23. The maximum Gasteiger partial charge on any atom is 0.164 e. The van der Waals surface area contributed by atoms with Crippen molar-refractivity contribution < 1.29 is 4.52 Å². The van der Waals surface area contributed by atoms with Gasteiger partial charge in [-0.05, 0) is 44.7 Å². The molecule has 0 bridgehead atoms. The molecule has 0 aromatic carbocycles. The van der Waals surface area contributed by atoms with Gasteiger partial charge in [-0.1, -0.05) is 18.1 Å². The monoisotopic (exact) mass is 389 g/mol. The highest BCUT2D eigenvalue weighted by Crippen LogP contribution is 2.48. The Morgan fingerprint density at radius 1 is 1.17 bits per heavy atom. The van der Waals surface area contributed by atoms with Gasteiger partial charge in [-0.2, -0.15) is 5.10 Å². The summed E-state index contributed by atoms with van der Waals surface area (Å²) < 4.78 is 7.68. The summed E-state index contributed by atoms with van der Waals surface area (Å²) in [6.07, 6.45) is 6.51. The quantitative estimate of drug-likeness (QED) is 0.546. The summed E-state index contributed by atoms with van der Waals surface area (Å²) in [7, 11) is 0. The molecule has 0 aliphatic heterocycles. The SMILES string of the molecule is CCc1ccc(-c2c(-c3nn(C(C)C)c4ncnc(N)c34)noc2C2CC2)nc1. The van der Waals surface area contributed by atoms with Crippen LogP contribution >= 0.6 is 0 Å². The average molecular weight is 389 g/mol. The molecule has 0 radical (unpaired) electrons. The summed E-state index contributed by atoms with van der Waals surface area (Å²) in [4.78, 5) is 13.3. The second-order valence-corrected chi connectivity index (χ2v) is 7.79. The number of fused-ring (bicyclic) bond motifs is 1. The van der Waals surface area contributed by atoms with Crippen LogP contribution in [0.5, 0.6) is 0 Å². The molecule has 0 atom stereocenters. The van der Waals surface area contributed by atoms with E-state index in [4.69, 9.17) is 20.3 Å². The number of anilines is 1. The summed E-state index contributed by atoms with van der Waals surface area (Å²) in [6, 6.07) is 4.24. The van der Waals surface area contributed by atoms with E-state index in [1.165, 1.54) is 11.9 Å². The van der Waals surface area contributed by atoms with Gasteiger partial charge in [-0.25, -0.2) is 14.6 Å². The van der Waals surface area contributed by atoms with E-state index in [-0.39, 0.29) is 6.04 Å². The van der Waals surface area contributed by atoms with E-state index in [1.54, 1.807) is 0 Å². The Kier molecular flexibility index (Phi) is 4.08. The van der Waals surface area contributed by atoms with E-state index in [0.717, 1.165) is 36.3 Å². The van der Waals surface area contributed by atoms with Crippen LogP contribution in [0.25, 0.3) is 33.7 Å². The fourth-order valence-electron chi connectivity index (χ4n) is 3.64. The van der Waals surface area contributed by atoms with Gasteiger partial charge in [0.1, 0.15) is 29.3 Å². The molecule has 1 saturated carbocycles. The Morgan fingerprint density at radius 2 is 2.00 bits per heavy atom. The molecular formula is C21H23N7O. The van der Waals surface area contributed by atoms with Crippen LogP contribution < -0.4 is 5.73 Å². The molecule has 8 nitrogen and oxygen atoms in total. The second kappa shape index (κ2) is 6.65. The lowest BCUT2D eigenvalue weighted by Gasteiger charge is -2.05. The van der Waals surface area contributed by atoms with E-state index in [2.05, 4.69) is 42.0 Å². The molecule has 29 heavy (non-hydrogen) atoms. The fraction of sp³-hybridized carbons (Fsp3) is 0.381. The first-order valence-corrected chi connectivity index (χ1v) is 10.0. The number of pyridine rings is 1. The first kappa shape index (κ1) is 17.8. The van der Waals surface area contributed by atoms with Crippen molar-refractivity contribution in [3.63, 3.8) is 0 Å². The topological polar surface area (TPSA) is 109 Å². The number of hydrogen-bond acceptors (Lipinski definition) is 7. The number of hydrogen-bond donors (Lipinski definition) is 1. The summed E-state index contributed by atoms with van der Waals surface area (Å²) in [5, 5.41) is 9.94. The molecule has 5 rings (SSSR count). The van der Waals surface area contributed by atoms with Crippen LogP contribution in [0, 0.1) is 0 Å². The third-order valence-electron chi connectivity index (χ3n) is 5.39. The normalized spacial score (nSPS) is 14.2. The first-order chi connectivity index (χ1) is 14.1. The number of aryl methyl sites for hydroxylation is 1. The first-order valence-electron chi connectivity index (χ1n) is 10.0. The summed E-state index contributed by atoms with van der Waals surface area (Å²) in [6.45, 7) is 6.22. The smallest absolute Gasteiger partial charge is 0.164 e. The molecule has 1 aliphatic rings. The standard InChI is InChI=1S/C21H23N7O/c1-4-12-5-8-14(23-9-12)15-18(27-29-19(15)13-6-7-13)17-16-20(22)24-10-25-21(16)28(26-17)11(2)3/h5,8-11,13H,4,6-7H2,1-3H3,(H2,22,24,25). The Balaban J connectivity index is 1.77. The molecule has 0 amide bonds. The van der Waals surface area contributed by atoms with Crippen LogP contribution in [0.15, 0.2) is 29.2 Å². The Labute approximate surface area is 168 Å². The van der Waals surface area contributed by atoms with E-state index in [9.17, 15) is 0 Å². The van der Waals surface area contributed by atoms with Gasteiger partial charge in [0.15, 0.2) is 5.65 Å². The highest BCUT2D eigenvalue weighted by atomic mass is 16.5. The van der Waals surface area contributed by atoms with E-state index < -0.39 is 0 Å². The molecule has 4 aromatic rings. The van der Waals surface area contributed by atoms with Gasteiger partial charge in [0.2, 0.25) is 0 Å². The minimum absolute atomic E-state index is 0.112. The van der Waals surface area contributed by atoms with Gasteiger partial charge < -0.3 is 10.3 Å². The Hall–Kier alpha value is -3.29. The molecule has 148 valence electrons. The van der Waals surface area contributed by atoms with Crippen molar-refractivity contribution in [2.24, 2.45) is 0 Å². The van der Waals surface area contributed by atoms with Crippen molar-refractivity contribution in [3.8, 4) is 22.6 Å². The van der Waals surface area contributed by atoms with Crippen molar-refractivity contribution in [2.45, 2.75) is 52.0 Å². The summed E-state index contributed by atoms with van der Waals surface area (Å²) in [5.41, 5.74) is 11.1. The van der Waals surface area contributed by atoms with Crippen LogP contribution in [0.4, 0.5) is 5.82 Å². The predicted octanol–water partition coefficient (Wildman–Crippen LogP) is 4.15. The second-order valence-electron chi connectivity index (χ2n) is 7.79. The number of rotatable bonds is 5. The molecule has 0 spiro atoms. The lowest BCUT2D eigenvalue weighted by atomic mass is 10.0. The average Bonchev–Trinajstić information content (AvgIpc) is 3.35. The molecule has 4 heterocycles. The van der Waals surface area contributed by atoms with Gasteiger partial charge in [0, 0.05) is 18.2 Å². The zero-order valence-electron chi connectivity index (χ0n) is 16.8. The van der Waals surface area contributed by atoms with Crippen molar-refractivity contribution >= 4 is 16.9 Å². The molecule has 0 saturated heterocycles. The summed E-state index contributed by atoms with van der Waals surface area (Å²) in [5.74, 6) is 1.64. The minimum atomic E-state index is 0.112. The van der Waals surface area contributed by atoms with Crippen LogP contribution in [-0.2, 0) is 6.42 Å². The zero-order valence-corrected chi connectivity index (χ0v) is 16.8. The van der Waals surface area contributed by atoms with Crippen molar-refractivity contribution in [2.75, 3.05) is 5.73 Å². The van der Waals surface area contributed by atoms with E-state index >= 15 is 0 Å². The molecule has 8 heteroatoms. The van der Waals surface area contributed by atoms with Gasteiger partial charge in [-0.15, -0.1) is 0 Å². The van der Waals surface area contributed by atoms with Gasteiger partial charge in [0.05, 0.1) is 16.6 Å². The van der Waals surface area contributed by atoms with E-state index in [0.29, 0.717) is 34.2 Å². The zero-order chi connectivity index (χ0) is 20.1. The molecular weight excluding hydrogens is 366 g/mol. The van der Waals surface area contributed by atoms with E-state index in [1.807, 2.05) is 16.9 Å². The molecule has 4 aromatic heterocycles. The lowest BCUT2D eigenvalue weighted by molar-refractivity contribution is 0.386. The van der Waals surface area contributed by atoms with Crippen LogP contribution in [0.1, 0.15) is 56.9 Å². The minimum Gasteiger partial charge on any atom is -0.383 e. The maximum absolute atomic E-state index is 6.23.